The third-order valence-corrected chi connectivity index (χ3v) is 1.61. The number of hydrogen-bond acceptors (Lipinski definition) is 2. The maximum Gasteiger partial charge on any atom is 0.235 e. The average Bonchev–Trinajstić information content (AvgIpc) is 2.14. The smallest absolute Gasteiger partial charge is 0.235 e. The summed E-state index contributed by atoms with van der Waals surface area (Å²) in [7, 11) is 0. The van der Waals surface area contributed by atoms with E-state index in [-0.39, 0.29) is 5.91 Å². The van der Waals surface area contributed by atoms with Crippen LogP contribution in [0.1, 0.15) is 20.3 Å². The Morgan fingerprint density at radius 2 is 2.33 bits per heavy atom. The zero-order valence-electron chi connectivity index (χ0n) is 5.77. The van der Waals surface area contributed by atoms with E-state index in [0.717, 1.165) is 0 Å². The molecule has 1 aliphatic rings. The minimum Gasteiger partial charge on any atom is -0.291 e. The van der Waals surface area contributed by atoms with Gasteiger partial charge in [0.05, 0.1) is 0 Å². The lowest BCUT2D eigenvalue weighted by atomic mass is 10.0. The first-order valence-corrected chi connectivity index (χ1v) is 3.24. The van der Waals surface area contributed by atoms with Crippen molar-refractivity contribution in [2.45, 2.75) is 26.3 Å². The molecule has 0 aromatic carbocycles. The molecular formula is C6H12N2O. The van der Waals surface area contributed by atoms with Gasteiger partial charge in [0.15, 0.2) is 0 Å². The summed E-state index contributed by atoms with van der Waals surface area (Å²) in [6.45, 7) is 4.19. The second kappa shape index (κ2) is 2.35. The Morgan fingerprint density at radius 3 is 2.56 bits per heavy atom. The number of hydrogen-bond donors (Lipinski definition) is 2. The SMILES string of the molecule is CC(C)C1CC(=O)NN1. The zero-order chi connectivity index (χ0) is 6.85. The summed E-state index contributed by atoms with van der Waals surface area (Å²) in [5, 5.41) is 0. The van der Waals surface area contributed by atoms with E-state index >= 15 is 0 Å². The highest BCUT2D eigenvalue weighted by Crippen LogP contribution is 2.07. The summed E-state index contributed by atoms with van der Waals surface area (Å²) in [5.41, 5.74) is 5.47. The molecule has 0 saturated carbocycles. The predicted octanol–water partition coefficient (Wildman–Crippen LogP) is 0.0355. The molecule has 1 amide bonds. The predicted molar refractivity (Wildman–Crippen MR) is 34.5 cm³/mol. The van der Waals surface area contributed by atoms with Crippen molar-refractivity contribution >= 4 is 5.91 Å². The van der Waals surface area contributed by atoms with Gasteiger partial charge in [-0.25, -0.2) is 5.43 Å². The van der Waals surface area contributed by atoms with Crippen LogP contribution in [-0.4, -0.2) is 11.9 Å². The van der Waals surface area contributed by atoms with Crippen LogP contribution < -0.4 is 10.9 Å². The molecule has 0 aliphatic carbocycles. The standard InChI is InChI=1S/C6H12N2O/c1-4(2)5-3-6(9)8-7-5/h4-5,7H,3H2,1-2H3,(H,8,9). The van der Waals surface area contributed by atoms with Crippen LogP contribution in [0.5, 0.6) is 0 Å². The fourth-order valence-electron chi connectivity index (χ4n) is 0.877. The number of nitrogens with one attached hydrogen (secondary N) is 2. The van der Waals surface area contributed by atoms with Gasteiger partial charge in [-0.05, 0) is 5.92 Å². The Kier molecular flexibility index (Phi) is 1.71. The molecule has 0 radical (unpaired) electrons. The topological polar surface area (TPSA) is 41.1 Å². The molecule has 1 atom stereocenters. The summed E-state index contributed by atoms with van der Waals surface area (Å²) >= 11 is 0. The van der Waals surface area contributed by atoms with E-state index in [1.807, 2.05) is 0 Å². The monoisotopic (exact) mass is 128 g/mol. The fourth-order valence-corrected chi connectivity index (χ4v) is 0.877. The molecule has 1 rings (SSSR count). The van der Waals surface area contributed by atoms with Crippen molar-refractivity contribution in [1.82, 2.24) is 10.9 Å². The van der Waals surface area contributed by atoms with E-state index in [2.05, 4.69) is 24.7 Å². The fraction of sp³-hybridized carbons (Fsp3) is 0.833. The van der Waals surface area contributed by atoms with Crippen molar-refractivity contribution in [3.63, 3.8) is 0 Å². The molecule has 1 saturated heterocycles. The average molecular weight is 128 g/mol. The van der Waals surface area contributed by atoms with Gasteiger partial charge in [0.25, 0.3) is 0 Å². The van der Waals surface area contributed by atoms with Crippen molar-refractivity contribution in [3.8, 4) is 0 Å². The van der Waals surface area contributed by atoms with E-state index in [9.17, 15) is 4.79 Å². The van der Waals surface area contributed by atoms with Crippen LogP contribution in [0.25, 0.3) is 0 Å². The van der Waals surface area contributed by atoms with Gasteiger partial charge >= 0.3 is 0 Å². The Balaban J connectivity index is 2.39. The van der Waals surface area contributed by atoms with Gasteiger partial charge in [-0.1, -0.05) is 13.8 Å². The van der Waals surface area contributed by atoms with Gasteiger partial charge in [0.2, 0.25) is 5.91 Å². The van der Waals surface area contributed by atoms with E-state index in [0.29, 0.717) is 18.4 Å². The highest BCUT2D eigenvalue weighted by atomic mass is 16.2. The molecule has 3 nitrogen and oxygen atoms in total. The van der Waals surface area contributed by atoms with Crippen molar-refractivity contribution in [2.75, 3.05) is 0 Å². The lowest BCUT2D eigenvalue weighted by Gasteiger charge is -2.10. The molecule has 3 heteroatoms. The van der Waals surface area contributed by atoms with Gasteiger partial charge < -0.3 is 0 Å². The summed E-state index contributed by atoms with van der Waals surface area (Å²) in [6, 6.07) is 0.331. The number of hydrazine groups is 1. The molecule has 1 fully saturated rings. The van der Waals surface area contributed by atoms with Crippen LogP contribution in [0.2, 0.25) is 0 Å². The van der Waals surface area contributed by atoms with Gasteiger partial charge in [-0.2, -0.15) is 0 Å². The zero-order valence-corrected chi connectivity index (χ0v) is 5.77. The molecule has 1 unspecified atom stereocenters. The first kappa shape index (κ1) is 6.55. The number of carbonyl (C=O) groups excluding carboxylic acids is 1. The molecular weight excluding hydrogens is 116 g/mol. The second-order valence-electron chi connectivity index (χ2n) is 2.75. The van der Waals surface area contributed by atoms with Gasteiger partial charge in [0, 0.05) is 12.5 Å². The molecule has 52 valence electrons. The third kappa shape index (κ3) is 1.42. The second-order valence-corrected chi connectivity index (χ2v) is 2.75. The first-order chi connectivity index (χ1) is 4.20. The van der Waals surface area contributed by atoms with Crippen molar-refractivity contribution < 1.29 is 4.79 Å². The minimum atomic E-state index is 0.105. The van der Waals surface area contributed by atoms with Gasteiger partial charge in [-0.15, -0.1) is 0 Å². The molecule has 9 heavy (non-hydrogen) atoms. The van der Waals surface area contributed by atoms with E-state index in [1.54, 1.807) is 0 Å². The molecule has 0 spiro atoms. The minimum absolute atomic E-state index is 0.105. The molecule has 0 aromatic rings. The number of amides is 1. The third-order valence-electron chi connectivity index (χ3n) is 1.61. The summed E-state index contributed by atoms with van der Waals surface area (Å²) < 4.78 is 0. The Morgan fingerprint density at radius 1 is 1.67 bits per heavy atom. The molecule has 1 heterocycles. The van der Waals surface area contributed by atoms with Crippen LogP contribution >= 0.6 is 0 Å². The summed E-state index contributed by atoms with van der Waals surface area (Å²) in [4.78, 5) is 10.6. The van der Waals surface area contributed by atoms with Crippen LogP contribution in [-0.2, 0) is 4.79 Å². The number of carbonyl (C=O) groups is 1. The van der Waals surface area contributed by atoms with E-state index < -0.39 is 0 Å². The largest absolute Gasteiger partial charge is 0.291 e. The van der Waals surface area contributed by atoms with Crippen LogP contribution in [0.4, 0.5) is 0 Å². The summed E-state index contributed by atoms with van der Waals surface area (Å²) in [5.74, 6) is 0.637. The Bertz CT molecular complexity index is 122. The van der Waals surface area contributed by atoms with Crippen molar-refractivity contribution in [1.29, 1.82) is 0 Å². The van der Waals surface area contributed by atoms with Crippen LogP contribution in [0.15, 0.2) is 0 Å². The van der Waals surface area contributed by atoms with Crippen LogP contribution in [0, 0.1) is 5.92 Å². The Hall–Kier alpha value is -0.570. The van der Waals surface area contributed by atoms with E-state index in [1.165, 1.54) is 0 Å². The maximum atomic E-state index is 10.6. The Labute approximate surface area is 54.8 Å². The van der Waals surface area contributed by atoms with Crippen molar-refractivity contribution in [3.05, 3.63) is 0 Å². The molecule has 0 aromatic heterocycles. The quantitative estimate of drug-likeness (QED) is 0.523. The lowest BCUT2D eigenvalue weighted by molar-refractivity contribution is -0.119. The molecule has 1 aliphatic heterocycles. The lowest BCUT2D eigenvalue weighted by Crippen LogP contribution is -2.34. The first-order valence-electron chi connectivity index (χ1n) is 3.24. The molecule has 0 bridgehead atoms. The highest BCUT2D eigenvalue weighted by Gasteiger charge is 2.22. The number of rotatable bonds is 1. The van der Waals surface area contributed by atoms with Crippen molar-refractivity contribution in [2.24, 2.45) is 5.92 Å². The normalized spacial score (nSPS) is 27.0. The van der Waals surface area contributed by atoms with E-state index in [4.69, 9.17) is 0 Å². The van der Waals surface area contributed by atoms with Gasteiger partial charge in [0.1, 0.15) is 0 Å². The van der Waals surface area contributed by atoms with Gasteiger partial charge in [-0.3, -0.25) is 10.2 Å². The highest BCUT2D eigenvalue weighted by molar-refractivity contribution is 5.77. The molecule has 2 N–H and O–H groups in total. The maximum absolute atomic E-state index is 10.6. The summed E-state index contributed by atoms with van der Waals surface area (Å²) in [6.07, 6.45) is 0.623. The van der Waals surface area contributed by atoms with Crippen LogP contribution in [0.3, 0.4) is 0 Å².